The van der Waals surface area contributed by atoms with Gasteiger partial charge in [-0.3, -0.25) is 0 Å². The molecule has 0 amide bonds. The van der Waals surface area contributed by atoms with E-state index in [1.165, 1.54) is 77.0 Å². The number of hydrogen-bond acceptors (Lipinski definition) is 0. The molecule has 0 unspecified atom stereocenters. The minimum atomic E-state index is 0.799. The van der Waals surface area contributed by atoms with Crippen LogP contribution in [0, 0.1) is 5.92 Å². The number of unbranched alkanes of at least 4 members (excludes halogenated alkanes) is 9. The van der Waals surface area contributed by atoms with Gasteiger partial charge in [-0.15, -0.1) is 0 Å². The summed E-state index contributed by atoms with van der Waals surface area (Å²) >= 11 is 0. The maximum atomic E-state index is 2.39. The van der Waals surface area contributed by atoms with E-state index in [-0.39, 0.29) is 0 Å². The van der Waals surface area contributed by atoms with Gasteiger partial charge in [-0.1, -0.05) is 83.6 Å². The highest BCUT2D eigenvalue weighted by molar-refractivity contribution is 4.85. The van der Waals surface area contributed by atoms with Gasteiger partial charge in [0.2, 0.25) is 0 Å². The van der Waals surface area contributed by atoms with Gasteiger partial charge < -0.3 is 0 Å². The average Bonchev–Trinajstić information content (AvgIpc) is 2.43. The molecule has 0 bridgehead atoms. The Kier molecular flexibility index (Phi) is 16.1. The van der Waals surface area contributed by atoms with Crippen LogP contribution in [0.15, 0.2) is 24.3 Å². The molecule has 0 N–H and O–H groups in total. The largest absolute Gasteiger partial charge is 0.0885 e. The molecule has 0 fully saturated rings. The first-order chi connectivity index (χ1) is 9.77. The van der Waals surface area contributed by atoms with Crippen LogP contribution in [-0.2, 0) is 0 Å². The van der Waals surface area contributed by atoms with Crippen LogP contribution < -0.4 is 0 Å². The third kappa shape index (κ3) is 17.5. The lowest BCUT2D eigenvalue weighted by molar-refractivity contribution is 0.592. The Morgan fingerprint density at radius 3 is 1.70 bits per heavy atom. The van der Waals surface area contributed by atoms with Crippen LogP contribution in [0.5, 0.6) is 0 Å². The summed E-state index contributed by atoms with van der Waals surface area (Å²) in [6.45, 7) is 6.83. The smallest absolute Gasteiger partial charge is 0.0327 e. The lowest BCUT2D eigenvalue weighted by Crippen LogP contribution is -1.81. The van der Waals surface area contributed by atoms with Crippen molar-refractivity contribution in [2.45, 2.75) is 97.8 Å². The molecule has 0 saturated heterocycles. The zero-order valence-corrected chi connectivity index (χ0v) is 14.4. The molecular weight excluding hydrogens is 240 g/mol. The van der Waals surface area contributed by atoms with E-state index in [0.717, 1.165) is 5.92 Å². The van der Waals surface area contributed by atoms with Crippen molar-refractivity contribution < 1.29 is 0 Å². The van der Waals surface area contributed by atoms with Crippen molar-refractivity contribution >= 4 is 0 Å². The second kappa shape index (κ2) is 16.5. The first kappa shape index (κ1) is 19.5. The highest BCUT2D eigenvalue weighted by atomic mass is 14.0. The molecule has 118 valence electrons. The van der Waals surface area contributed by atoms with Crippen molar-refractivity contribution in [3.8, 4) is 0 Å². The maximum absolute atomic E-state index is 2.39. The van der Waals surface area contributed by atoms with Gasteiger partial charge in [-0.2, -0.15) is 0 Å². The second-order valence-corrected chi connectivity index (χ2v) is 6.41. The number of allylic oxidation sites excluding steroid dienone is 4. The van der Waals surface area contributed by atoms with Crippen molar-refractivity contribution in [2.75, 3.05) is 0 Å². The lowest BCUT2D eigenvalue weighted by atomic mass is 10.1. The molecule has 0 rings (SSSR count). The summed E-state index contributed by atoms with van der Waals surface area (Å²) in [5.74, 6) is 0.799. The van der Waals surface area contributed by atoms with Crippen LogP contribution in [0.1, 0.15) is 97.8 Å². The van der Waals surface area contributed by atoms with E-state index >= 15 is 0 Å². The molecule has 0 aromatic rings. The highest BCUT2D eigenvalue weighted by Gasteiger charge is 1.89. The molecule has 0 aromatic heterocycles. The Bertz CT molecular complexity index is 222. The van der Waals surface area contributed by atoms with Crippen LogP contribution in [-0.4, -0.2) is 0 Å². The fourth-order valence-corrected chi connectivity index (χ4v) is 2.29. The van der Waals surface area contributed by atoms with Gasteiger partial charge in [-0.05, 0) is 44.4 Å². The standard InChI is InChI=1S/C20H38/c1-4-5-6-7-8-9-10-11-12-13-14-15-16-17-18-19-20(2)3/h12-13,17-18,20H,4-11,14-16,19H2,1-3H3/b13-12+,18-17+. The van der Waals surface area contributed by atoms with Crippen molar-refractivity contribution in [2.24, 2.45) is 5.92 Å². The summed E-state index contributed by atoms with van der Waals surface area (Å²) in [6, 6.07) is 0. The zero-order valence-electron chi connectivity index (χ0n) is 14.4. The van der Waals surface area contributed by atoms with Crippen molar-refractivity contribution in [3.05, 3.63) is 24.3 Å². The van der Waals surface area contributed by atoms with Gasteiger partial charge in [0.1, 0.15) is 0 Å². The van der Waals surface area contributed by atoms with Crippen molar-refractivity contribution in [1.29, 1.82) is 0 Å². The average molecular weight is 279 g/mol. The predicted molar refractivity (Wildman–Crippen MR) is 94.2 cm³/mol. The fraction of sp³-hybridized carbons (Fsp3) is 0.800. The normalized spacial score (nSPS) is 12.2. The Labute approximate surface area is 128 Å². The molecule has 0 aromatic carbocycles. The summed E-state index contributed by atoms with van der Waals surface area (Å²) in [6.07, 6.45) is 25.7. The SMILES string of the molecule is CCCCCCCCC/C=C/CCC/C=C/CC(C)C. The monoisotopic (exact) mass is 278 g/mol. The van der Waals surface area contributed by atoms with Crippen LogP contribution in [0.25, 0.3) is 0 Å². The van der Waals surface area contributed by atoms with Gasteiger partial charge in [0.15, 0.2) is 0 Å². The molecule has 0 aliphatic heterocycles. The quantitative estimate of drug-likeness (QED) is 0.228. The van der Waals surface area contributed by atoms with Gasteiger partial charge >= 0.3 is 0 Å². The molecule has 0 aliphatic rings. The Hall–Kier alpha value is -0.520. The molecule has 20 heavy (non-hydrogen) atoms. The van der Waals surface area contributed by atoms with Crippen LogP contribution >= 0.6 is 0 Å². The van der Waals surface area contributed by atoms with Crippen LogP contribution in [0.3, 0.4) is 0 Å². The molecule has 0 atom stereocenters. The zero-order chi connectivity index (χ0) is 14.9. The minimum absolute atomic E-state index is 0.799. The number of rotatable bonds is 14. The molecule has 0 aliphatic carbocycles. The molecule has 0 heterocycles. The first-order valence-corrected chi connectivity index (χ1v) is 9.07. The first-order valence-electron chi connectivity index (χ1n) is 9.07. The summed E-state index contributed by atoms with van der Waals surface area (Å²) < 4.78 is 0. The van der Waals surface area contributed by atoms with E-state index < -0.39 is 0 Å². The molecule has 0 radical (unpaired) electrons. The van der Waals surface area contributed by atoms with E-state index in [0.29, 0.717) is 0 Å². The molecule has 0 nitrogen and oxygen atoms in total. The molecule has 0 saturated carbocycles. The van der Waals surface area contributed by atoms with Crippen LogP contribution in [0.4, 0.5) is 0 Å². The Morgan fingerprint density at radius 2 is 1.10 bits per heavy atom. The summed E-state index contributed by atoms with van der Waals surface area (Å²) in [5, 5.41) is 0. The molecular formula is C20H38. The van der Waals surface area contributed by atoms with E-state index in [1.807, 2.05) is 0 Å². The van der Waals surface area contributed by atoms with Crippen LogP contribution in [0.2, 0.25) is 0 Å². The third-order valence-electron chi connectivity index (χ3n) is 3.66. The Morgan fingerprint density at radius 1 is 0.600 bits per heavy atom. The topological polar surface area (TPSA) is 0 Å². The van der Waals surface area contributed by atoms with E-state index in [4.69, 9.17) is 0 Å². The maximum Gasteiger partial charge on any atom is -0.0327 e. The molecule has 0 heteroatoms. The summed E-state index contributed by atoms with van der Waals surface area (Å²) in [7, 11) is 0. The van der Waals surface area contributed by atoms with E-state index in [1.54, 1.807) is 0 Å². The summed E-state index contributed by atoms with van der Waals surface area (Å²) in [4.78, 5) is 0. The van der Waals surface area contributed by atoms with Gasteiger partial charge in [0.25, 0.3) is 0 Å². The van der Waals surface area contributed by atoms with Crippen molar-refractivity contribution in [3.63, 3.8) is 0 Å². The van der Waals surface area contributed by atoms with Gasteiger partial charge in [0.05, 0.1) is 0 Å². The van der Waals surface area contributed by atoms with E-state index in [9.17, 15) is 0 Å². The van der Waals surface area contributed by atoms with Gasteiger partial charge in [0, 0.05) is 0 Å². The fourth-order valence-electron chi connectivity index (χ4n) is 2.29. The third-order valence-corrected chi connectivity index (χ3v) is 3.66. The predicted octanol–water partition coefficient (Wildman–Crippen LogP) is 7.46. The lowest BCUT2D eigenvalue weighted by Gasteiger charge is -1.99. The van der Waals surface area contributed by atoms with Gasteiger partial charge in [-0.25, -0.2) is 0 Å². The number of hydrogen-bond donors (Lipinski definition) is 0. The van der Waals surface area contributed by atoms with E-state index in [2.05, 4.69) is 45.1 Å². The van der Waals surface area contributed by atoms with Crippen molar-refractivity contribution in [1.82, 2.24) is 0 Å². The summed E-state index contributed by atoms with van der Waals surface area (Å²) in [5.41, 5.74) is 0. The minimum Gasteiger partial charge on any atom is -0.0885 e. The molecule has 0 spiro atoms. The Balaban J connectivity index is 3.14. The highest BCUT2D eigenvalue weighted by Crippen LogP contribution is 2.09. The second-order valence-electron chi connectivity index (χ2n) is 6.41.